The first kappa shape index (κ1) is 23.4. The lowest BCUT2D eigenvalue weighted by Crippen LogP contribution is -2.58. The molecule has 3 aliphatic heterocycles. The van der Waals surface area contributed by atoms with E-state index in [0.29, 0.717) is 13.0 Å². The van der Waals surface area contributed by atoms with Crippen molar-refractivity contribution >= 4 is 29.5 Å². The van der Waals surface area contributed by atoms with E-state index in [1.54, 1.807) is 23.7 Å². The number of amides is 3. The van der Waals surface area contributed by atoms with E-state index in [1.165, 1.54) is 0 Å². The Bertz CT molecular complexity index is 720. The number of likely N-dealkylation sites (tertiary alicyclic amines) is 1. The fourth-order valence-electron chi connectivity index (χ4n) is 6.17. The predicted octanol–water partition coefficient (Wildman–Crippen LogP) is 1.54. The smallest absolute Gasteiger partial charge is 0.244 e. The summed E-state index contributed by atoms with van der Waals surface area (Å²) in [6.07, 6.45) is 2.83. The van der Waals surface area contributed by atoms with E-state index in [-0.39, 0.29) is 35.0 Å². The number of nitrogens with zero attached hydrogens (tertiary/aromatic N) is 1. The van der Waals surface area contributed by atoms with Gasteiger partial charge in [-0.1, -0.05) is 20.8 Å². The topological polar surface area (TPSA) is 98.7 Å². The Morgan fingerprint density at radius 3 is 2.47 bits per heavy atom. The van der Waals surface area contributed by atoms with E-state index in [1.807, 2.05) is 13.8 Å². The first-order chi connectivity index (χ1) is 13.9. The summed E-state index contributed by atoms with van der Waals surface area (Å²) in [7, 11) is 1.60. The van der Waals surface area contributed by atoms with Gasteiger partial charge in [0, 0.05) is 31.0 Å². The number of nitrogens with one attached hydrogen (secondary N) is 2. The van der Waals surface area contributed by atoms with Crippen molar-refractivity contribution in [3.05, 3.63) is 0 Å². The van der Waals surface area contributed by atoms with Crippen LogP contribution in [-0.4, -0.2) is 69.5 Å². The molecule has 30 heavy (non-hydrogen) atoms. The van der Waals surface area contributed by atoms with Crippen molar-refractivity contribution in [2.24, 2.45) is 17.3 Å². The molecule has 2 bridgehead atoms. The minimum Gasteiger partial charge on any atom is -0.396 e. The summed E-state index contributed by atoms with van der Waals surface area (Å²) in [6, 6.07) is -0.606. The summed E-state index contributed by atoms with van der Waals surface area (Å²) in [5, 5.41) is 15.4. The maximum Gasteiger partial charge on any atom is 0.244 e. The molecule has 3 aliphatic rings. The highest BCUT2D eigenvalue weighted by atomic mass is 32.2. The highest BCUT2D eigenvalue weighted by Gasteiger charge is 2.73. The molecule has 2 unspecified atom stereocenters. The Kier molecular flexibility index (Phi) is 6.24. The molecule has 3 rings (SSSR count). The fourth-order valence-corrected chi connectivity index (χ4v) is 8.39. The zero-order chi connectivity index (χ0) is 22.5. The molecule has 8 heteroatoms. The van der Waals surface area contributed by atoms with Crippen LogP contribution in [0.2, 0.25) is 0 Å². The summed E-state index contributed by atoms with van der Waals surface area (Å²) >= 11 is 1.67. The Labute approximate surface area is 184 Å². The van der Waals surface area contributed by atoms with Gasteiger partial charge in [-0.3, -0.25) is 14.4 Å². The van der Waals surface area contributed by atoms with Crippen LogP contribution >= 0.6 is 11.8 Å². The molecule has 3 heterocycles. The van der Waals surface area contributed by atoms with Crippen molar-refractivity contribution in [2.75, 3.05) is 20.2 Å². The number of fused-ring (bicyclic) bond motifs is 1. The summed E-state index contributed by atoms with van der Waals surface area (Å²) in [6.45, 7) is 10.8. The maximum absolute atomic E-state index is 13.7. The molecule has 3 N–H and O–H groups in total. The SMILES string of the molecule is CNC(=O)[C@@H]1[C@@H]2CCC3(S2)C(C(=O)NC(C)(C)CC(C)(C)C)N(CCCO)C(=O)[C@H]13. The number of hydrogen-bond acceptors (Lipinski definition) is 5. The zero-order valence-electron chi connectivity index (χ0n) is 19.1. The molecule has 1 spiro atoms. The van der Waals surface area contributed by atoms with Gasteiger partial charge in [-0.2, -0.15) is 0 Å². The normalized spacial score (nSPS) is 33.0. The second-order valence-corrected chi connectivity index (χ2v) is 12.5. The molecule has 3 saturated heterocycles. The van der Waals surface area contributed by atoms with Gasteiger partial charge in [0.05, 0.1) is 16.6 Å². The number of thioether (sulfide) groups is 1. The van der Waals surface area contributed by atoms with E-state index in [4.69, 9.17) is 0 Å². The largest absolute Gasteiger partial charge is 0.396 e. The zero-order valence-corrected chi connectivity index (χ0v) is 19.9. The third kappa shape index (κ3) is 3.97. The van der Waals surface area contributed by atoms with E-state index < -0.39 is 28.2 Å². The third-order valence-electron chi connectivity index (χ3n) is 6.59. The highest BCUT2D eigenvalue weighted by molar-refractivity contribution is 8.02. The van der Waals surface area contributed by atoms with Crippen LogP contribution in [0, 0.1) is 17.3 Å². The first-order valence-corrected chi connectivity index (χ1v) is 11.9. The molecular formula is C22H37N3O4S. The van der Waals surface area contributed by atoms with Crippen LogP contribution in [0.1, 0.15) is 60.3 Å². The van der Waals surface area contributed by atoms with Crippen LogP contribution in [-0.2, 0) is 14.4 Å². The van der Waals surface area contributed by atoms with Crippen LogP contribution in [0.4, 0.5) is 0 Å². The molecule has 7 nitrogen and oxygen atoms in total. The minimum atomic E-state index is -0.606. The average molecular weight is 440 g/mol. The van der Waals surface area contributed by atoms with E-state index >= 15 is 0 Å². The van der Waals surface area contributed by atoms with Crippen molar-refractivity contribution in [2.45, 2.75) is 81.9 Å². The minimum absolute atomic E-state index is 0.0417. The average Bonchev–Trinajstić information content (AvgIpc) is 3.24. The van der Waals surface area contributed by atoms with Crippen LogP contribution < -0.4 is 10.6 Å². The van der Waals surface area contributed by atoms with Crippen molar-refractivity contribution in [1.29, 1.82) is 0 Å². The lowest BCUT2D eigenvalue weighted by molar-refractivity contribution is -0.140. The lowest BCUT2D eigenvalue weighted by Gasteiger charge is -2.38. The lowest BCUT2D eigenvalue weighted by atomic mass is 9.70. The molecule has 5 atom stereocenters. The van der Waals surface area contributed by atoms with Gasteiger partial charge >= 0.3 is 0 Å². The van der Waals surface area contributed by atoms with Crippen molar-refractivity contribution in [3.63, 3.8) is 0 Å². The van der Waals surface area contributed by atoms with Crippen LogP contribution in [0.15, 0.2) is 0 Å². The van der Waals surface area contributed by atoms with Gasteiger partial charge in [0.1, 0.15) is 6.04 Å². The number of aliphatic hydroxyl groups excluding tert-OH is 1. The van der Waals surface area contributed by atoms with Crippen molar-refractivity contribution < 1.29 is 19.5 Å². The Morgan fingerprint density at radius 1 is 1.23 bits per heavy atom. The Hall–Kier alpha value is -1.28. The van der Waals surface area contributed by atoms with Crippen LogP contribution in [0.5, 0.6) is 0 Å². The number of hydrogen-bond donors (Lipinski definition) is 3. The Balaban J connectivity index is 1.93. The van der Waals surface area contributed by atoms with E-state index in [9.17, 15) is 19.5 Å². The summed E-state index contributed by atoms with van der Waals surface area (Å²) < 4.78 is -0.559. The fraction of sp³-hybridized carbons (Fsp3) is 0.864. The number of aliphatic hydroxyl groups is 1. The predicted molar refractivity (Wildman–Crippen MR) is 118 cm³/mol. The maximum atomic E-state index is 13.7. The van der Waals surface area contributed by atoms with Gasteiger partial charge in [-0.05, 0) is 44.9 Å². The third-order valence-corrected chi connectivity index (χ3v) is 8.54. The molecule has 170 valence electrons. The van der Waals surface area contributed by atoms with Crippen LogP contribution in [0.3, 0.4) is 0 Å². The molecule has 0 saturated carbocycles. The molecule has 0 radical (unpaired) electrons. The molecule has 3 fully saturated rings. The van der Waals surface area contributed by atoms with Gasteiger partial charge in [0.15, 0.2) is 0 Å². The molecule has 3 amide bonds. The molecule has 0 aromatic heterocycles. The van der Waals surface area contributed by atoms with Gasteiger partial charge in [-0.25, -0.2) is 0 Å². The summed E-state index contributed by atoms with van der Waals surface area (Å²) in [5.74, 6) is -1.22. The van der Waals surface area contributed by atoms with Crippen LogP contribution in [0.25, 0.3) is 0 Å². The van der Waals surface area contributed by atoms with E-state index in [0.717, 1.165) is 19.3 Å². The van der Waals surface area contributed by atoms with Gasteiger partial charge in [0.25, 0.3) is 0 Å². The molecule has 0 aliphatic carbocycles. The molecular weight excluding hydrogens is 402 g/mol. The molecule has 0 aromatic rings. The Morgan fingerprint density at radius 2 is 1.90 bits per heavy atom. The second kappa shape index (κ2) is 8.01. The van der Waals surface area contributed by atoms with E-state index in [2.05, 4.69) is 31.4 Å². The summed E-state index contributed by atoms with van der Waals surface area (Å²) in [4.78, 5) is 41.4. The van der Waals surface area contributed by atoms with Gasteiger partial charge in [0.2, 0.25) is 17.7 Å². The van der Waals surface area contributed by atoms with Gasteiger partial charge in [-0.15, -0.1) is 11.8 Å². The number of rotatable bonds is 7. The quantitative estimate of drug-likeness (QED) is 0.559. The first-order valence-electron chi connectivity index (χ1n) is 11.0. The highest BCUT2D eigenvalue weighted by Crippen LogP contribution is 2.66. The molecule has 0 aromatic carbocycles. The van der Waals surface area contributed by atoms with Gasteiger partial charge < -0.3 is 20.6 Å². The van der Waals surface area contributed by atoms with Crippen molar-refractivity contribution in [3.8, 4) is 0 Å². The standard InChI is InChI=1S/C22H37N3O4S/c1-20(2,3)12-21(4,5)24-18(28)16-22-9-8-13(30-22)14(17(27)23-6)15(22)19(29)25(16)10-7-11-26/h13-16,26H,7-12H2,1-6H3,(H,23,27)(H,24,28)/t13-,14+,15-,16?,22?/m0/s1. The number of carbonyl (C=O) groups excluding carboxylic acids is 3. The number of carbonyl (C=O) groups is 3. The van der Waals surface area contributed by atoms with Crippen molar-refractivity contribution in [1.82, 2.24) is 15.5 Å². The summed E-state index contributed by atoms with van der Waals surface area (Å²) in [5.41, 5.74) is -0.373. The second-order valence-electron chi connectivity index (χ2n) is 10.9. The monoisotopic (exact) mass is 439 g/mol.